The molecule has 1 aromatic carbocycles. The van der Waals surface area contributed by atoms with E-state index in [1.54, 1.807) is 23.1 Å². The molecule has 8 nitrogen and oxygen atoms in total. The van der Waals surface area contributed by atoms with Gasteiger partial charge < -0.3 is 19.7 Å². The summed E-state index contributed by atoms with van der Waals surface area (Å²) in [7, 11) is 0. The molecule has 166 valence electrons. The highest BCUT2D eigenvalue weighted by Crippen LogP contribution is 2.38. The second-order valence-electron chi connectivity index (χ2n) is 8.92. The summed E-state index contributed by atoms with van der Waals surface area (Å²) in [5.41, 5.74) is 0.599. The third kappa shape index (κ3) is 3.83. The van der Waals surface area contributed by atoms with Gasteiger partial charge in [-0.15, -0.1) is 0 Å². The van der Waals surface area contributed by atoms with E-state index in [1.165, 1.54) is 4.90 Å². The Labute approximate surface area is 181 Å². The summed E-state index contributed by atoms with van der Waals surface area (Å²) in [5, 5.41) is 2.87. The molecule has 0 bridgehead atoms. The third-order valence-electron chi connectivity index (χ3n) is 6.97. The minimum absolute atomic E-state index is 0.0251. The lowest BCUT2D eigenvalue weighted by atomic mass is 9.90. The number of fused-ring (bicyclic) bond motifs is 2. The van der Waals surface area contributed by atoms with Crippen LogP contribution in [0.15, 0.2) is 18.2 Å². The van der Waals surface area contributed by atoms with E-state index in [4.69, 9.17) is 9.47 Å². The first-order valence-corrected chi connectivity index (χ1v) is 11.4. The van der Waals surface area contributed by atoms with Crippen LogP contribution in [-0.2, 0) is 9.59 Å². The average Bonchev–Trinajstić information content (AvgIpc) is 3.28. The topological polar surface area (TPSA) is 88.2 Å². The lowest BCUT2D eigenvalue weighted by Crippen LogP contribution is -2.64. The van der Waals surface area contributed by atoms with Crippen molar-refractivity contribution in [3.05, 3.63) is 18.2 Å². The van der Waals surface area contributed by atoms with Gasteiger partial charge in [0.25, 0.3) is 0 Å². The summed E-state index contributed by atoms with van der Waals surface area (Å²) < 4.78 is 11.1. The average molecular weight is 428 g/mol. The third-order valence-corrected chi connectivity index (χ3v) is 6.97. The van der Waals surface area contributed by atoms with Gasteiger partial charge in [-0.25, -0.2) is 4.79 Å². The van der Waals surface area contributed by atoms with Crippen molar-refractivity contribution in [1.29, 1.82) is 0 Å². The fourth-order valence-electron chi connectivity index (χ4n) is 5.49. The molecule has 1 N–H and O–H groups in total. The van der Waals surface area contributed by atoms with Crippen LogP contribution in [-0.4, -0.2) is 59.5 Å². The summed E-state index contributed by atoms with van der Waals surface area (Å²) in [6.45, 7) is 0.931. The molecular weight excluding hydrogens is 398 g/mol. The molecule has 2 heterocycles. The van der Waals surface area contributed by atoms with Crippen LogP contribution in [0.25, 0.3) is 0 Å². The monoisotopic (exact) mass is 427 g/mol. The van der Waals surface area contributed by atoms with Gasteiger partial charge in [0.1, 0.15) is 19.8 Å². The minimum Gasteiger partial charge on any atom is -0.486 e. The zero-order chi connectivity index (χ0) is 21.4. The summed E-state index contributed by atoms with van der Waals surface area (Å²) in [6, 6.07) is 4.77. The van der Waals surface area contributed by atoms with Crippen molar-refractivity contribution in [2.45, 2.75) is 63.5 Å². The zero-order valence-corrected chi connectivity index (χ0v) is 17.7. The number of benzene rings is 1. The number of nitrogens with one attached hydrogen (secondary N) is 1. The highest BCUT2D eigenvalue weighted by atomic mass is 16.6. The van der Waals surface area contributed by atoms with Gasteiger partial charge in [-0.3, -0.25) is 14.5 Å². The highest BCUT2D eigenvalue weighted by molar-refractivity contribution is 6.02. The van der Waals surface area contributed by atoms with E-state index in [1.807, 2.05) is 0 Å². The first-order valence-electron chi connectivity index (χ1n) is 11.4. The standard InChI is InChI=1S/C23H29N3O5/c27-21(24-15-9-10-19-20(13-15)31-12-11-30-19)14-25-18-8-4-7-17(18)22(28)26(23(25)29)16-5-2-1-3-6-16/h9-10,13,16-18H,1-8,11-12,14H2,(H,24,27). The molecule has 3 fully saturated rings. The van der Waals surface area contributed by atoms with Gasteiger partial charge >= 0.3 is 6.03 Å². The summed E-state index contributed by atoms with van der Waals surface area (Å²) in [5.74, 6) is 0.784. The van der Waals surface area contributed by atoms with E-state index in [-0.39, 0.29) is 42.4 Å². The summed E-state index contributed by atoms with van der Waals surface area (Å²) in [6.07, 6.45) is 7.45. The Bertz CT molecular complexity index is 882. The van der Waals surface area contributed by atoms with Crippen LogP contribution in [0, 0.1) is 5.92 Å². The first kappa shape index (κ1) is 20.2. The predicted molar refractivity (Wildman–Crippen MR) is 113 cm³/mol. The Morgan fingerprint density at radius 3 is 2.55 bits per heavy atom. The van der Waals surface area contributed by atoms with Gasteiger partial charge in [0.2, 0.25) is 11.8 Å². The van der Waals surface area contributed by atoms with Gasteiger partial charge in [0, 0.05) is 23.8 Å². The molecular formula is C23H29N3O5. The number of carbonyl (C=O) groups excluding carboxylic acids is 3. The number of carbonyl (C=O) groups is 3. The maximum Gasteiger partial charge on any atom is 0.327 e. The first-order chi connectivity index (χ1) is 15.1. The molecule has 4 aliphatic rings. The number of imide groups is 1. The van der Waals surface area contributed by atoms with Crippen molar-refractivity contribution >= 4 is 23.5 Å². The van der Waals surface area contributed by atoms with Crippen LogP contribution in [0.4, 0.5) is 10.5 Å². The summed E-state index contributed by atoms with van der Waals surface area (Å²) >= 11 is 0. The van der Waals surface area contributed by atoms with Crippen LogP contribution in [0.2, 0.25) is 0 Å². The number of ether oxygens (including phenoxy) is 2. The molecule has 5 rings (SSSR count). The largest absolute Gasteiger partial charge is 0.486 e. The van der Waals surface area contributed by atoms with E-state index in [0.29, 0.717) is 30.4 Å². The minimum atomic E-state index is -0.294. The van der Waals surface area contributed by atoms with E-state index >= 15 is 0 Å². The number of anilines is 1. The maximum atomic E-state index is 13.4. The van der Waals surface area contributed by atoms with Crippen LogP contribution in [0.3, 0.4) is 0 Å². The van der Waals surface area contributed by atoms with Crippen molar-refractivity contribution in [2.24, 2.45) is 5.92 Å². The number of urea groups is 1. The molecule has 2 atom stereocenters. The zero-order valence-electron chi connectivity index (χ0n) is 17.7. The molecule has 8 heteroatoms. The van der Waals surface area contributed by atoms with Crippen LogP contribution in [0.1, 0.15) is 51.4 Å². The Morgan fingerprint density at radius 2 is 1.74 bits per heavy atom. The lowest BCUT2D eigenvalue weighted by molar-refractivity contribution is -0.141. The predicted octanol–water partition coefficient (Wildman–Crippen LogP) is 3.16. The number of hydrogen-bond donors (Lipinski definition) is 1. The van der Waals surface area contributed by atoms with Gasteiger partial charge in [0.15, 0.2) is 11.5 Å². The van der Waals surface area contributed by atoms with Crippen molar-refractivity contribution in [1.82, 2.24) is 9.80 Å². The lowest BCUT2D eigenvalue weighted by Gasteiger charge is -2.45. The van der Waals surface area contributed by atoms with Crippen molar-refractivity contribution in [2.75, 3.05) is 25.1 Å². The number of rotatable bonds is 4. The molecule has 1 saturated heterocycles. The summed E-state index contributed by atoms with van der Waals surface area (Å²) in [4.78, 5) is 42.5. The smallest absolute Gasteiger partial charge is 0.327 e. The van der Waals surface area contributed by atoms with Crippen molar-refractivity contribution in [3.8, 4) is 11.5 Å². The van der Waals surface area contributed by atoms with Gasteiger partial charge in [0.05, 0.1) is 5.92 Å². The molecule has 0 radical (unpaired) electrons. The SMILES string of the molecule is O=C(CN1C(=O)N(C2CCCCC2)C(=O)C2CCCC21)Nc1ccc2c(c1)OCCO2. The van der Waals surface area contributed by atoms with Gasteiger partial charge in [-0.1, -0.05) is 25.7 Å². The Hall–Kier alpha value is -2.77. The van der Waals surface area contributed by atoms with Crippen molar-refractivity contribution in [3.63, 3.8) is 0 Å². The Balaban J connectivity index is 1.31. The van der Waals surface area contributed by atoms with E-state index in [0.717, 1.165) is 51.4 Å². The molecule has 4 amide bonds. The van der Waals surface area contributed by atoms with Crippen molar-refractivity contribution < 1.29 is 23.9 Å². The van der Waals surface area contributed by atoms with Crippen LogP contribution in [0.5, 0.6) is 11.5 Å². The van der Waals surface area contributed by atoms with E-state index < -0.39 is 0 Å². The highest BCUT2D eigenvalue weighted by Gasteiger charge is 2.50. The molecule has 31 heavy (non-hydrogen) atoms. The molecule has 2 unspecified atom stereocenters. The molecule has 0 spiro atoms. The van der Waals surface area contributed by atoms with E-state index in [9.17, 15) is 14.4 Å². The van der Waals surface area contributed by atoms with Gasteiger partial charge in [-0.2, -0.15) is 0 Å². The van der Waals surface area contributed by atoms with E-state index in [2.05, 4.69) is 5.32 Å². The molecule has 2 aliphatic carbocycles. The van der Waals surface area contributed by atoms with Crippen LogP contribution < -0.4 is 14.8 Å². The normalized spacial score (nSPS) is 26.1. The maximum absolute atomic E-state index is 13.4. The number of hydrogen-bond acceptors (Lipinski definition) is 5. The fourth-order valence-corrected chi connectivity index (χ4v) is 5.49. The fraction of sp³-hybridized carbons (Fsp3) is 0.609. The van der Waals surface area contributed by atoms with Crippen LogP contribution >= 0.6 is 0 Å². The molecule has 0 aromatic heterocycles. The second kappa shape index (κ2) is 8.40. The number of nitrogens with zero attached hydrogens (tertiary/aromatic N) is 2. The second-order valence-corrected chi connectivity index (χ2v) is 8.92. The Kier molecular flexibility index (Phi) is 5.46. The van der Waals surface area contributed by atoms with Gasteiger partial charge in [-0.05, 0) is 37.8 Å². The molecule has 2 aliphatic heterocycles. The number of amides is 4. The quantitative estimate of drug-likeness (QED) is 0.797. The molecule has 1 aromatic rings. The Morgan fingerprint density at radius 1 is 0.968 bits per heavy atom. The molecule has 2 saturated carbocycles.